The molecule has 0 aromatic carbocycles. The first kappa shape index (κ1) is 15.5. The number of hydrogen-bond donors (Lipinski definition) is 2. The van der Waals surface area contributed by atoms with E-state index in [1.165, 1.54) is 6.92 Å². The van der Waals surface area contributed by atoms with Gasteiger partial charge in [-0.25, -0.2) is 0 Å². The van der Waals surface area contributed by atoms with Gasteiger partial charge in [0.2, 0.25) is 0 Å². The number of rotatable bonds is 3. The van der Waals surface area contributed by atoms with Crippen LogP contribution in [0.2, 0.25) is 0 Å². The predicted octanol–water partition coefficient (Wildman–Crippen LogP) is 0.980. The molecule has 0 bridgehead atoms. The van der Waals surface area contributed by atoms with E-state index >= 15 is 0 Å². The molecule has 10 heteroatoms. The van der Waals surface area contributed by atoms with Gasteiger partial charge >= 0.3 is 6.18 Å². The zero-order valence-electron chi connectivity index (χ0n) is 9.60. The van der Waals surface area contributed by atoms with E-state index in [0.29, 0.717) is 4.57 Å². The van der Waals surface area contributed by atoms with Crippen molar-refractivity contribution in [3.05, 3.63) is 27.5 Å². The molecule has 0 spiro atoms. The maximum absolute atomic E-state index is 12.7. The van der Waals surface area contributed by atoms with Gasteiger partial charge in [0.05, 0.1) is 5.56 Å². The fourth-order valence-electron chi connectivity index (χ4n) is 1.56. The van der Waals surface area contributed by atoms with Crippen LogP contribution >= 0.6 is 0 Å². The Balaban J connectivity index is 3.69. The molecule has 108 valence electrons. The van der Waals surface area contributed by atoms with Crippen molar-refractivity contribution in [2.75, 3.05) is 0 Å². The van der Waals surface area contributed by atoms with Gasteiger partial charge in [-0.15, -0.1) is 0 Å². The van der Waals surface area contributed by atoms with Crippen LogP contribution in [0.5, 0.6) is 5.88 Å². The summed E-state index contributed by atoms with van der Waals surface area (Å²) in [5.74, 6) is -2.56. The Morgan fingerprint density at radius 3 is 2.26 bits per heavy atom. The van der Waals surface area contributed by atoms with Crippen LogP contribution in [-0.4, -0.2) is 22.6 Å². The van der Waals surface area contributed by atoms with Crippen LogP contribution in [0, 0.1) is 0 Å². The van der Waals surface area contributed by atoms with Gasteiger partial charge in [0.25, 0.3) is 15.7 Å². The van der Waals surface area contributed by atoms with Crippen molar-refractivity contribution in [1.29, 1.82) is 0 Å². The molecule has 2 N–H and O–H groups in total. The molecule has 0 saturated carbocycles. The van der Waals surface area contributed by atoms with E-state index in [1.54, 1.807) is 0 Å². The van der Waals surface area contributed by atoms with E-state index < -0.39 is 44.6 Å². The molecule has 0 aliphatic carbocycles. The minimum atomic E-state index is -5.02. The average Bonchev–Trinajstić information content (AvgIpc) is 2.19. The molecule has 0 aliphatic heterocycles. The number of alkyl halides is 3. The topological polar surface area (TPSA) is 96.6 Å². The molecule has 0 atom stereocenters. The van der Waals surface area contributed by atoms with Crippen molar-refractivity contribution in [3.8, 4) is 5.88 Å². The molecule has 0 radical (unpaired) electrons. The third-order valence-corrected chi connectivity index (χ3v) is 2.99. The third-order valence-electron chi connectivity index (χ3n) is 2.33. The lowest BCUT2D eigenvalue weighted by molar-refractivity contribution is -0.138. The van der Waals surface area contributed by atoms with Crippen molar-refractivity contribution < 1.29 is 31.2 Å². The second-order valence-corrected chi connectivity index (χ2v) is 5.12. The van der Waals surface area contributed by atoms with E-state index in [9.17, 15) is 31.5 Å². The summed E-state index contributed by atoms with van der Waals surface area (Å²) in [5.41, 5.74) is -3.76. The molecule has 1 aromatic rings. The van der Waals surface area contributed by atoms with Crippen LogP contribution in [0.15, 0.2) is 10.9 Å². The van der Waals surface area contributed by atoms with Gasteiger partial charge in [-0.2, -0.15) is 21.6 Å². The molecule has 0 saturated heterocycles. The lowest BCUT2D eigenvalue weighted by atomic mass is 10.1. The Bertz CT molecular complexity index is 647. The summed E-state index contributed by atoms with van der Waals surface area (Å²) in [4.78, 5) is 11.3. The van der Waals surface area contributed by atoms with E-state index in [2.05, 4.69) is 0 Å². The molecule has 0 fully saturated rings. The van der Waals surface area contributed by atoms with Crippen LogP contribution < -0.4 is 5.56 Å². The largest absolute Gasteiger partial charge is 0.494 e. The van der Waals surface area contributed by atoms with E-state index in [-0.39, 0.29) is 12.6 Å². The molecular formula is C9H10F3NO5S. The number of pyridine rings is 1. The van der Waals surface area contributed by atoms with E-state index in [1.807, 2.05) is 0 Å². The second kappa shape index (κ2) is 4.85. The van der Waals surface area contributed by atoms with Gasteiger partial charge in [-0.1, -0.05) is 0 Å². The van der Waals surface area contributed by atoms with Gasteiger partial charge in [0, 0.05) is 18.2 Å². The monoisotopic (exact) mass is 301 g/mol. The highest BCUT2D eigenvalue weighted by Crippen LogP contribution is 2.35. The zero-order chi connectivity index (χ0) is 15.0. The predicted molar refractivity (Wildman–Crippen MR) is 58.3 cm³/mol. The SMILES string of the molecule is CCn1c(O)c(CS(=O)(=O)O)c(C(F)(F)F)cc1=O. The van der Waals surface area contributed by atoms with Crippen molar-refractivity contribution in [2.24, 2.45) is 0 Å². The summed E-state index contributed by atoms with van der Waals surface area (Å²) < 4.78 is 68.7. The fraction of sp³-hybridized carbons (Fsp3) is 0.444. The molecular weight excluding hydrogens is 291 g/mol. The van der Waals surface area contributed by atoms with Crippen LogP contribution in [0.25, 0.3) is 0 Å². The molecule has 1 rings (SSSR count). The minimum Gasteiger partial charge on any atom is -0.494 e. The molecule has 6 nitrogen and oxygen atoms in total. The smallest absolute Gasteiger partial charge is 0.417 e. The molecule has 1 aromatic heterocycles. The van der Waals surface area contributed by atoms with Crippen molar-refractivity contribution in [1.82, 2.24) is 4.57 Å². The highest BCUT2D eigenvalue weighted by atomic mass is 32.2. The minimum absolute atomic E-state index is 0.152. The molecule has 0 aliphatic rings. The van der Waals surface area contributed by atoms with Crippen LogP contribution in [0.1, 0.15) is 18.1 Å². The fourth-order valence-corrected chi connectivity index (χ4v) is 2.21. The van der Waals surface area contributed by atoms with Crippen molar-refractivity contribution >= 4 is 10.1 Å². The maximum Gasteiger partial charge on any atom is 0.417 e. The number of aromatic hydroxyl groups is 1. The summed E-state index contributed by atoms with van der Waals surface area (Å²) in [7, 11) is -4.80. The number of halogens is 3. The third kappa shape index (κ3) is 3.47. The first-order valence-corrected chi connectivity index (χ1v) is 6.56. The molecule has 0 unspecified atom stereocenters. The highest BCUT2D eigenvalue weighted by molar-refractivity contribution is 7.85. The normalized spacial score (nSPS) is 12.7. The first-order chi connectivity index (χ1) is 8.47. The maximum atomic E-state index is 12.7. The van der Waals surface area contributed by atoms with E-state index in [0.717, 1.165) is 0 Å². The first-order valence-electron chi connectivity index (χ1n) is 4.95. The van der Waals surface area contributed by atoms with Gasteiger partial charge < -0.3 is 5.11 Å². The summed E-state index contributed by atoms with van der Waals surface area (Å²) >= 11 is 0. The molecule has 0 amide bonds. The van der Waals surface area contributed by atoms with Gasteiger partial charge in [0.15, 0.2) is 5.88 Å². The number of hydrogen-bond acceptors (Lipinski definition) is 4. The summed E-state index contributed by atoms with van der Waals surface area (Å²) in [5, 5.41) is 9.56. The van der Waals surface area contributed by atoms with Crippen LogP contribution in [0.4, 0.5) is 13.2 Å². The average molecular weight is 301 g/mol. The van der Waals surface area contributed by atoms with E-state index in [4.69, 9.17) is 4.55 Å². The summed E-state index contributed by atoms with van der Waals surface area (Å²) in [6, 6.07) is 0.184. The van der Waals surface area contributed by atoms with Gasteiger partial charge in [0.1, 0.15) is 5.75 Å². The van der Waals surface area contributed by atoms with Crippen LogP contribution in [0.3, 0.4) is 0 Å². The Morgan fingerprint density at radius 2 is 1.89 bits per heavy atom. The van der Waals surface area contributed by atoms with Crippen molar-refractivity contribution in [2.45, 2.75) is 25.4 Å². The zero-order valence-corrected chi connectivity index (χ0v) is 10.4. The van der Waals surface area contributed by atoms with Gasteiger partial charge in [-0.3, -0.25) is 13.9 Å². The quantitative estimate of drug-likeness (QED) is 0.811. The number of nitrogens with zero attached hydrogens (tertiary/aromatic N) is 1. The molecule has 19 heavy (non-hydrogen) atoms. The Morgan fingerprint density at radius 1 is 1.37 bits per heavy atom. The lowest BCUT2D eigenvalue weighted by Gasteiger charge is -2.16. The summed E-state index contributed by atoms with van der Waals surface area (Å²) in [6.07, 6.45) is -5.02. The second-order valence-electron chi connectivity index (χ2n) is 3.67. The molecule has 1 heterocycles. The lowest BCUT2D eigenvalue weighted by Crippen LogP contribution is -2.25. The van der Waals surface area contributed by atoms with Gasteiger partial charge in [-0.05, 0) is 6.92 Å². The Labute approximate surface area is 105 Å². The standard InChI is InChI=1S/C9H10F3NO5S/c1-2-13-7(14)3-6(9(10,11)12)5(8(13)15)4-19(16,17)18/h3,15H,2,4H2,1H3,(H,16,17,18). The number of aromatic nitrogens is 1. The Hall–Kier alpha value is -1.55. The van der Waals surface area contributed by atoms with Crippen molar-refractivity contribution in [3.63, 3.8) is 0 Å². The highest BCUT2D eigenvalue weighted by Gasteiger charge is 2.37. The van der Waals surface area contributed by atoms with Crippen LogP contribution in [-0.2, 0) is 28.6 Å². The summed E-state index contributed by atoms with van der Waals surface area (Å²) in [6.45, 7) is 1.23. The Kier molecular flexibility index (Phi) is 3.96.